The maximum absolute atomic E-state index is 10.8. The first-order valence-corrected chi connectivity index (χ1v) is 6.32. The van der Waals surface area contributed by atoms with Gasteiger partial charge in [-0.3, -0.25) is 16.0 Å². The van der Waals surface area contributed by atoms with Gasteiger partial charge < -0.3 is 5.43 Å². The minimum absolute atomic E-state index is 0.0392. The van der Waals surface area contributed by atoms with Crippen molar-refractivity contribution in [1.29, 1.82) is 0 Å². The van der Waals surface area contributed by atoms with Crippen LogP contribution >= 0.6 is 11.8 Å². The van der Waals surface area contributed by atoms with Gasteiger partial charge in [-0.1, -0.05) is 0 Å². The number of hydrazine groups is 1. The van der Waals surface area contributed by atoms with Crippen LogP contribution in [0.1, 0.15) is 5.56 Å². The highest BCUT2D eigenvalue weighted by Crippen LogP contribution is 2.27. The van der Waals surface area contributed by atoms with Crippen molar-refractivity contribution in [3.8, 4) is 0 Å². The van der Waals surface area contributed by atoms with Crippen molar-refractivity contribution in [3.05, 3.63) is 52.5 Å². The lowest BCUT2D eigenvalue weighted by Gasteiger charge is -2.08. The van der Waals surface area contributed by atoms with Crippen molar-refractivity contribution >= 4 is 23.1 Å². The average molecular weight is 277 g/mol. The number of rotatable bonds is 5. The number of aromatic nitrogens is 2. The normalized spacial score (nSPS) is 10.2. The Morgan fingerprint density at radius 3 is 2.89 bits per heavy atom. The van der Waals surface area contributed by atoms with Crippen molar-refractivity contribution in [3.63, 3.8) is 0 Å². The molecule has 98 valence electrons. The predicted molar refractivity (Wildman–Crippen MR) is 72.5 cm³/mol. The summed E-state index contributed by atoms with van der Waals surface area (Å²) in [4.78, 5) is 18.2. The minimum atomic E-state index is -0.431. The largest absolute Gasteiger partial charge is 0.324 e. The Morgan fingerprint density at radius 2 is 2.26 bits per heavy atom. The molecule has 7 nitrogen and oxygen atoms in total. The second-order valence-corrected chi connectivity index (χ2v) is 4.57. The van der Waals surface area contributed by atoms with E-state index in [-0.39, 0.29) is 5.69 Å². The van der Waals surface area contributed by atoms with Crippen LogP contribution in [0.4, 0.5) is 11.4 Å². The van der Waals surface area contributed by atoms with Gasteiger partial charge in [0.25, 0.3) is 5.69 Å². The number of anilines is 1. The lowest BCUT2D eigenvalue weighted by Crippen LogP contribution is -2.09. The van der Waals surface area contributed by atoms with Crippen LogP contribution < -0.4 is 11.3 Å². The summed E-state index contributed by atoms with van der Waals surface area (Å²) in [6.45, 7) is 0. The fourth-order valence-electron chi connectivity index (χ4n) is 1.47. The number of nitrogens with zero attached hydrogens (tertiary/aromatic N) is 3. The summed E-state index contributed by atoms with van der Waals surface area (Å²) in [6, 6.07) is 6.28. The van der Waals surface area contributed by atoms with Crippen molar-refractivity contribution < 1.29 is 4.92 Å². The van der Waals surface area contributed by atoms with E-state index in [1.807, 2.05) is 0 Å². The van der Waals surface area contributed by atoms with Crippen molar-refractivity contribution in [2.75, 3.05) is 5.43 Å². The van der Waals surface area contributed by atoms with Gasteiger partial charge in [-0.25, -0.2) is 9.97 Å². The summed E-state index contributed by atoms with van der Waals surface area (Å²) < 4.78 is 0. The predicted octanol–water partition coefficient (Wildman–Crippen LogP) is 1.96. The summed E-state index contributed by atoms with van der Waals surface area (Å²) in [5, 5.41) is 11.5. The highest BCUT2D eigenvalue weighted by Gasteiger charge is 2.10. The first-order chi connectivity index (χ1) is 9.20. The molecule has 3 N–H and O–H groups in total. The Balaban J connectivity index is 2.18. The second kappa shape index (κ2) is 6.12. The van der Waals surface area contributed by atoms with E-state index in [1.54, 1.807) is 18.3 Å². The molecule has 0 radical (unpaired) electrons. The van der Waals surface area contributed by atoms with Crippen molar-refractivity contribution in [1.82, 2.24) is 9.97 Å². The molecule has 2 aromatic rings. The van der Waals surface area contributed by atoms with Gasteiger partial charge in [-0.2, -0.15) is 0 Å². The molecular weight excluding hydrogens is 266 g/mol. The molecule has 19 heavy (non-hydrogen) atoms. The molecule has 0 fully saturated rings. The Hall–Kier alpha value is -2.19. The van der Waals surface area contributed by atoms with Gasteiger partial charge in [0.1, 0.15) is 6.33 Å². The number of non-ortho nitro benzene ring substituents is 1. The molecule has 0 amide bonds. The van der Waals surface area contributed by atoms with Crippen LogP contribution in [-0.4, -0.2) is 14.9 Å². The van der Waals surface area contributed by atoms with Crippen LogP contribution in [0.2, 0.25) is 0 Å². The third kappa shape index (κ3) is 3.39. The molecule has 0 saturated carbocycles. The molecule has 1 aromatic carbocycles. The second-order valence-electron chi connectivity index (χ2n) is 3.58. The molecule has 0 aliphatic heterocycles. The molecular formula is C11H11N5O2S. The maximum Gasteiger partial charge on any atom is 0.269 e. The number of hydrogen-bond donors (Lipinski definition) is 2. The monoisotopic (exact) mass is 277 g/mol. The van der Waals surface area contributed by atoms with E-state index in [9.17, 15) is 10.1 Å². The molecule has 0 aliphatic rings. The Kier molecular flexibility index (Phi) is 4.26. The Bertz CT molecular complexity index is 579. The van der Waals surface area contributed by atoms with Crippen LogP contribution in [-0.2, 0) is 5.75 Å². The molecule has 0 atom stereocenters. The van der Waals surface area contributed by atoms with Crippen LogP contribution in [0, 0.1) is 10.1 Å². The minimum Gasteiger partial charge on any atom is -0.324 e. The molecule has 1 aromatic heterocycles. The summed E-state index contributed by atoms with van der Waals surface area (Å²) in [7, 11) is 0. The SMILES string of the molecule is NNc1ccc([N+](=O)[O-])cc1CSc1ccncn1. The van der Waals surface area contributed by atoms with E-state index in [0.717, 1.165) is 10.6 Å². The van der Waals surface area contributed by atoms with Crippen LogP contribution in [0.5, 0.6) is 0 Å². The summed E-state index contributed by atoms with van der Waals surface area (Å²) in [5.74, 6) is 5.92. The highest BCUT2D eigenvalue weighted by atomic mass is 32.2. The van der Waals surface area contributed by atoms with E-state index in [1.165, 1.54) is 30.2 Å². The zero-order valence-corrected chi connectivity index (χ0v) is 10.6. The molecule has 1 heterocycles. The van der Waals surface area contributed by atoms with Gasteiger partial charge in [-0.05, 0) is 17.7 Å². The number of thioether (sulfide) groups is 1. The number of nitro groups is 1. The highest BCUT2D eigenvalue weighted by molar-refractivity contribution is 7.98. The summed E-state index contributed by atoms with van der Waals surface area (Å²) >= 11 is 1.45. The number of nitrogens with one attached hydrogen (secondary N) is 1. The van der Waals surface area contributed by atoms with E-state index in [0.29, 0.717) is 11.4 Å². The summed E-state index contributed by atoms with van der Waals surface area (Å²) in [6.07, 6.45) is 3.10. The lowest BCUT2D eigenvalue weighted by atomic mass is 10.2. The average Bonchev–Trinajstić information content (AvgIpc) is 2.45. The fraction of sp³-hybridized carbons (Fsp3) is 0.0909. The molecule has 0 unspecified atom stereocenters. The van der Waals surface area contributed by atoms with Crippen LogP contribution in [0.25, 0.3) is 0 Å². The Morgan fingerprint density at radius 1 is 1.42 bits per heavy atom. The van der Waals surface area contributed by atoms with Crippen LogP contribution in [0.15, 0.2) is 41.8 Å². The molecule has 0 spiro atoms. The fourth-order valence-corrected chi connectivity index (χ4v) is 2.29. The summed E-state index contributed by atoms with van der Waals surface area (Å²) in [5.41, 5.74) is 3.98. The maximum atomic E-state index is 10.8. The first-order valence-electron chi connectivity index (χ1n) is 5.33. The van der Waals surface area contributed by atoms with Gasteiger partial charge in [-0.15, -0.1) is 11.8 Å². The van der Waals surface area contributed by atoms with Gasteiger partial charge in [0.2, 0.25) is 0 Å². The van der Waals surface area contributed by atoms with Crippen molar-refractivity contribution in [2.45, 2.75) is 10.8 Å². The Labute approximate surface area is 113 Å². The zero-order chi connectivity index (χ0) is 13.7. The number of nitro benzene ring substituents is 1. The van der Waals surface area contributed by atoms with E-state index in [4.69, 9.17) is 5.84 Å². The van der Waals surface area contributed by atoms with E-state index < -0.39 is 4.92 Å². The third-order valence-corrected chi connectivity index (χ3v) is 3.38. The zero-order valence-electron chi connectivity index (χ0n) is 9.81. The number of nitrogen functional groups attached to an aromatic ring is 1. The topological polar surface area (TPSA) is 107 Å². The number of hydrogen-bond acceptors (Lipinski definition) is 7. The number of benzene rings is 1. The first kappa shape index (κ1) is 13.2. The molecule has 2 rings (SSSR count). The van der Waals surface area contributed by atoms with Gasteiger partial charge in [0, 0.05) is 24.1 Å². The van der Waals surface area contributed by atoms with E-state index >= 15 is 0 Å². The van der Waals surface area contributed by atoms with Crippen molar-refractivity contribution in [2.24, 2.45) is 5.84 Å². The smallest absolute Gasteiger partial charge is 0.269 e. The quantitative estimate of drug-likeness (QED) is 0.283. The van der Waals surface area contributed by atoms with Gasteiger partial charge >= 0.3 is 0 Å². The molecule has 0 aliphatic carbocycles. The molecule has 0 saturated heterocycles. The van der Waals surface area contributed by atoms with E-state index in [2.05, 4.69) is 15.4 Å². The molecule has 0 bridgehead atoms. The molecule has 8 heteroatoms. The van der Waals surface area contributed by atoms with Crippen LogP contribution in [0.3, 0.4) is 0 Å². The lowest BCUT2D eigenvalue weighted by molar-refractivity contribution is -0.384. The number of nitrogens with two attached hydrogens (primary N) is 1. The van der Waals surface area contributed by atoms with Gasteiger partial charge in [0.15, 0.2) is 0 Å². The third-order valence-electron chi connectivity index (χ3n) is 2.39. The standard InChI is InChI=1S/C11H11N5O2S/c12-15-10-2-1-9(16(17)18)5-8(10)6-19-11-3-4-13-7-14-11/h1-5,7,15H,6,12H2. The van der Waals surface area contributed by atoms with Gasteiger partial charge in [0.05, 0.1) is 15.6 Å².